The molecule has 2 aromatic rings. The normalized spacial score (nSPS) is 20.7. The molecule has 7 heteroatoms. The Balaban J connectivity index is 1.31. The summed E-state index contributed by atoms with van der Waals surface area (Å²) in [6, 6.07) is 9.63. The lowest BCUT2D eigenvalue weighted by molar-refractivity contribution is 0.0311. The topological polar surface area (TPSA) is 73.2 Å². The molecule has 154 valence electrons. The fraction of sp³-hybridized carbons (Fsp3) is 0.500. The van der Waals surface area contributed by atoms with Crippen LogP contribution in [0.4, 0.5) is 0 Å². The largest absolute Gasteiger partial charge is 0.455 e. The van der Waals surface area contributed by atoms with E-state index in [0.29, 0.717) is 12.3 Å². The Morgan fingerprint density at radius 2 is 1.83 bits per heavy atom. The third kappa shape index (κ3) is 3.72. The molecular weight excluding hydrogens is 372 g/mol. The number of hydrogen-bond donors (Lipinski definition) is 1. The van der Waals surface area contributed by atoms with Crippen molar-refractivity contribution in [1.29, 1.82) is 0 Å². The lowest BCUT2D eigenvalue weighted by Gasteiger charge is -2.31. The van der Waals surface area contributed by atoms with E-state index in [1.165, 1.54) is 0 Å². The van der Waals surface area contributed by atoms with Crippen molar-refractivity contribution >= 4 is 5.91 Å². The molecule has 2 aliphatic heterocycles. The molecule has 0 unspecified atom stereocenters. The molecule has 29 heavy (non-hydrogen) atoms. The molecule has 1 saturated carbocycles. The van der Waals surface area contributed by atoms with Crippen LogP contribution in [0.3, 0.4) is 0 Å². The third-order valence-corrected chi connectivity index (χ3v) is 6.10. The van der Waals surface area contributed by atoms with Crippen LogP contribution in [-0.4, -0.2) is 43.9 Å². The molecule has 0 bridgehead atoms. The number of ether oxygens (including phenoxy) is 3. The Bertz CT molecular complexity index is 881. The van der Waals surface area contributed by atoms with Gasteiger partial charge in [-0.3, -0.25) is 9.69 Å². The van der Waals surface area contributed by atoms with Crippen LogP contribution in [0.5, 0.6) is 11.5 Å². The van der Waals surface area contributed by atoms with Gasteiger partial charge in [0.1, 0.15) is 5.76 Å². The average Bonchev–Trinajstić information content (AvgIpc) is 3.49. The second-order valence-corrected chi connectivity index (χ2v) is 7.97. The zero-order valence-electron chi connectivity index (χ0n) is 16.4. The highest BCUT2D eigenvalue weighted by Crippen LogP contribution is 2.43. The number of hydrogen-bond acceptors (Lipinski definition) is 6. The first-order valence-electron chi connectivity index (χ1n) is 10.3. The van der Waals surface area contributed by atoms with Crippen molar-refractivity contribution in [2.24, 2.45) is 0 Å². The molecule has 3 heterocycles. The van der Waals surface area contributed by atoms with Crippen LogP contribution < -0.4 is 14.8 Å². The lowest BCUT2D eigenvalue weighted by Crippen LogP contribution is -2.43. The summed E-state index contributed by atoms with van der Waals surface area (Å²) in [5, 5.41) is 3.27. The maximum absolute atomic E-state index is 13.0. The Morgan fingerprint density at radius 3 is 2.66 bits per heavy atom. The molecule has 3 aliphatic rings. The SMILES string of the molecule is O=C(NC1(c2ccc3c(c2)OCO3)CCCC1)c1ccc(CN2CCOCC2)o1. The van der Waals surface area contributed by atoms with Crippen molar-refractivity contribution < 1.29 is 23.4 Å². The first-order valence-corrected chi connectivity index (χ1v) is 10.3. The van der Waals surface area contributed by atoms with Gasteiger partial charge in [0.15, 0.2) is 17.3 Å². The van der Waals surface area contributed by atoms with Crippen LogP contribution in [0, 0.1) is 0 Å². The Labute approximate surface area is 169 Å². The number of rotatable bonds is 5. The van der Waals surface area contributed by atoms with E-state index in [2.05, 4.69) is 10.2 Å². The van der Waals surface area contributed by atoms with Gasteiger partial charge in [-0.15, -0.1) is 0 Å². The van der Waals surface area contributed by atoms with Crippen LogP contribution >= 0.6 is 0 Å². The predicted octanol–water partition coefficient (Wildman–Crippen LogP) is 3.04. The summed E-state index contributed by atoms with van der Waals surface area (Å²) in [6.45, 7) is 4.20. The number of morpholine rings is 1. The Hall–Kier alpha value is -2.51. The number of fused-ring (bicyclic) bond motifs is 1. The zero-order valence-corrected chi connectivity index (χ0v) is 16.4. The summed E-state index contributed by atoms with van der Waals surface area (Å²) < 4.78 is 22.2. The molecule has 0 spiro atoms. The number of carbonyl (C=O) groups excluding carboxylic acids is 1. The molecule has 0 radical (unpaired) electrons. The van der Waals surface area contributed by atoms with Crippen molar-refractivity contribution in [2.45, 2.75) is 37.8 Å². The first kappa shape index (κ1) is 18.5. The molecule has 1 N–H and O–H groups in total. The summed E-state index contributed by atoms with van der Waals surface area (Å²) in [5.41, 5.74) is 0.669. The smallest absolute Gasteiger partial charge is 0.287 e. The fourth-order valence-electron chi connectivity index (χ4n) is 4.50. The van der Waals surface area contributed by atoms with Crippen LogP contribution in [0.1, 0.15) is 47.6 Å². The van der Waals surface area contributed by atoms with E-state index in [0.717, 1.165) is 74.8 Å². The number of carbonyl (C=O) groups is 1. The quantitative estimate of drug-likeness (QED) is 0.835. The molecule has 1 aliphatic carbocycles. The van der Waals surface area contributed by atoms with E-state index in [9.17, 15) is 4.79 Å². The zero-order chi connectivity index (χ0) is 19.7. The molecule has 5 rings (SSSR count). The minimum Gasteiger partial charge on any atom is -0.455 e. The van der Waals surface area contributed by atoms with Gasteiger partial charge in [-0.2, -0.15) is 0 Å². The van der Waals surface area contributed by atoms with Gasteiger partial charge in [0.2, 0.25) is 6.79 Å². The second kappa shape index (κ2) is 7.72. The molecule has 1 aromatic heterocycles. The maximum Gasteiger partial charge on any atom is 0.287 e. The van der Waals surface area contributed by atoms with Crippen molar-refractivity contribution in [3.63, 3.8) is 0 Å². The second-order valence-electron chi connectivity index (χ2n) is 7.97. The molecule has 1 aromatic carbocycles. The number of benzene rings is 1. The van der Waals surface area contributed by atoms with Gasteiger partial charge >= 0.3 is 0 Å². The molecule has 1 amide bonds. The van der Waals surface area contributed by atoms with Crippen LogP contribution in [-0.2, 0) is 16.8 Å². The van der Waals surface area contributed by atoms with Crippen LogP contribution in [0.15, 0.2) is 34.7 Å². The minimum atomic E-state index is -0.394. The fourth-order valence-corrected chi connectivity index (χ4v) is 4.50. The first-order chi connectivity index (χ1) is 14.2. The van der Waals surface area contributed by atoms with Gasteiger partial charge in [0, 0.05) is 13.1 Å². The monoisotopic (exact) mass is 398 g/mol. The highest BCUT2D eigenvalue weighted by atomic mass is 16.7. The average molecular weight is 398 g/mol. The van der Waals surface area contributed by atoms with Gasteiger partial charge in [0.05, 0.1) is 25.3 Å². The number of nitrogens with zero attached hydrogens (tertiary/aromatic N) is 1. The lowest BCUT2D eigenvalue weighted by atomic mass is 9.87. The summed E-state index contributed by atoms with van der Waals surface area (Å²) in [7, 11) is 0. The van der Waals surface area contributed by atoms with Crippen LogP contribution in [0.2, 0.25) is 0 Å². The number of furan rings is 1. The Kier molecular flexibility index (Phi) is 4.93. The van der Waals surface area contributed by atoms with Gasteiger partial charge in [-0.1, -0.05) is 18.9 Å². The van der Waals surface area contributed by atoms with Crippen molar-refractivity contribution in [2.75, 3.05) is 33.1 Å². The number of amides is 1. The van der Waals surface area contributed by atoms with Gasteiger partial charge in [0.25, 0.3) is 5.91 Å². The summed E-state index contributed by atoms with van der Waals surface area (Å²) in [5.74, 6) is 2.50. The van der Waals surface area contributed by atoms with E-state index in [1.807, 2.05) is 24.3 Å². The van der Waals surface area contributed by atoms with Gasteiger partial charge in [-0.05, 0) is 42.7 Å². The highest BCUT2D eigenvalue weighted by Gasteiger charge is 2.38. The summed E-state index contributed by atoms with van der Waals surface area (Å²) >= 11 is 0. The highest BCUT2D eigenvalue weighted by molar-refractivity contribution is 5.92. The van der Waals surface area contributed by atoms with E-state index in [-0.39, 0.29) is 12.7 Å². The Morgan fingerprint density at radius 1 is 1.03 bits per heavy atom. The van der Waals surface area contributed by atoms with Gasteiger partial charge < -0.3 is 23.9 Å². The molecule has 2 fully saturated rings. The standard InChI is InChI=1S/C22H26N2O5/c25-21(19-6-4-17(29-19)14-24-9-11-26-12-10-24)23-22(7-1-2-8-22)16-3-5-18-20(13-16)28-15-27-18/h3-6,13H,1-2,7-12,14-15H2,(H,23,25). The molecule has 0 atom stereocenters. The van der Waals surface area contributed by atoms with E-state index >= 15 is 0 Å². The maximum atomic E-state index is 13.0. The van der Waals surface area contributed by atoms with E-state index in [4.69, 9.17) is 18.6 Å². The summed E-state index contributed by atoms with van der Waals surface area (Å²) in [6.07, 6.45) is 3.96. The predicted molar refractivity (Wildman–Crippen MR) is 105 cm³/mol. The number of nitrogens with one attached hydrogen (secondary N) is 1. The summed E-state index contributed by atoms with van der Waals surface area (Å²) in [4.78, 5) is 15.3. The van der Waals surface area contributed by atoms with E-state index < -0.39 is 5.54 Å². The van der Waals surface area contributed by atoms with Crippen molar-refractivity contribution in [3.8, 4) is 11.5 Å². The van der Waals surface area contributed by atoms with Gasteiger partial charge in [-0.25, -0.2) is 0 Å². The van der Waals surface area contributed by atoms with Crippen molar-refractivity contribution in [3.05, 3.63) is 47.4 Å². The molecular formula is C22H26N2O5. The van der Waals surface area contributed by atoms with Crippen LogP contribution in [0.25, 0.3) is 0 Å². The minimum absolute atomic E-state index is 0.169. The molecule has 7 nitrogen and oxygen atoms in total. The molecule has 1 saturated heterocycles. The third-order valence-electron chi connectivity index (χ3n) is 6.10. The van der Waals surface area contributed by atoms with E-state index in [1.54, 1.807) is 6.07 Å². The van der Waals surface area contributed by atoms with Crippen molar-refractivity contribution in [1.82, 2.24) is 10.2 Å².